The predicted molar refractivity (Wildman–Crippen MR) is 55.8 cm³/mol. The zero-order chi connectivity index (χ0) is 11.6. The molecule has 1 aromatic heterocycles. The molecular formula is C11H14N2O3. The SMILES string of the molecule is O=C(O)C1(c2ncccn2)CCC(O)CC1. The van der Waals surface area contributed by atoms with Crippen LogP contribution in [-0.2, 0) is 10.2 Å². The second kappa shape index (κ2) is 4.17. The van der Waals surface area contributed by atoms with Crippen molar-refractivity contribution in [1.82, 2.24) is 9.97 Å². The molecule has 0 unspecified atom stereocenters. The summed E-state index contributed by atoms with van der Waals surface area (Å²) in [5, 5.41) is 18.8. The van der Waals surface area contributed by atoms with E-state index >= 15 is 0 Å². The van der Waals surface area contributed by atoms with Gasteiger partial charge in [-0.15, -0.1) is 0 Å². The Morgan fingerprint density at radius 1 is 1.31 bits per heavy atom. The van der Waals surface area contributed by atoms with Crippen LogP contribution in [-0.4, -0.2) is 32.3 Å². The van der Waals surface area contributed by atoms with Crippen molar-refractivity contribution in [3.63, 3.8) is 0 Å². The first kappa shape index (κ1) is 11.0. The summed E-state index contributed by atoms with van der Waals surface area (Å²) in [5.74, 6) is -0.542. The van der Waals surface area contributed by atoms with Crippen LogP contribution in [0.25, 0.3) is 0 Å². The normalized spacial score (nSPS) is 29.9. The standard InChI is InChI=1S/C11H14N2O3/c14-8-2-4-11(5-3-8,10(15)16)9-12-6-1-7-13-9/h1,6-8,14H,2-5H2,(H,15,16). The van der Waals surface area contributed by atoms with Gasteiger partial charge in [0, 0.05) is 12.4 Å². The van der Waals surface area contributed by atoms with Crippen molar-refractivity contribution in [1.29, 1.82) is 0 Å². The van der Waals surface area contributed by atoms with E-state index in [4.69, 9.17) is 0 Å². The van der Waals surface area contributed by atoms with Gasteiger partial charge in [-0.2, -0.15) is 0 Å². The quantitative estimate of drug-likeness (QED) is 0.770. The van der Waals surface area contributed by atoms with Crippen LogP contribution in [0.4, 0.5) is 0 Å². The summed E-state index contributed by atoms with van der Waals surface area (Å²) in [4.78, 5) is 19.5. The molecule has 5 nitrogen and oxygen atoms in total. The minimum atomic E-state index is -1.01. The zero-order valence-corrected chi connectivity index (χ0v) is 8.83. The Morgan fingerprint density at radius 3 is 2.38 bits per heavy atom. The molecule has 1 saturated carbocycles. The third-order valence-electron chi connectivity index (χ3n) is 3.21. The van der Waals surface area contributed by atoms with Gasteiger partial charge >= 0.3 is 5.97 Å². The van der Waals surface area contributed by atoms with Crippen LogP contribution in [0.1, 0.15) is 31.5 Å². The summed E-state index contributed by atoms with van der Waals surface area (Å²) in [6.07, 6.45) is 4.49. The Bertz CT molecular complexity index is 372. The third-order valence-corrected chi connectivity index (χ3v) is 3.21. The first-order chi connectivity index (χ1) is 7.65. The average molecular weight is 222 g/mol. The van der Waals surface area contributed by atoms with Gasteiger partial charge in [-0.05, 0) is 31.7 Å². The molecule has 1 aliphatic carbocycles. The van der Waals surface area contributed by atoms with Crippen molar-refractivity contribution in [3.05, 3.63) is 24.3 Å². The maximum Gasteiger partial charge on any atom is 0.317 e. The van der Waals surface area contributed by atoms with Gasteiger partial charge in [-0.3, -0.25) is 4.79 Å². The summed E-state index contributed by atoms with van der Waals surface area (Å²) in [5.41, 5.74) is -1.01. The maximum atomic E-state index is 11.4. The summed E-state index contributed by atoms with van der Waals surface area (Å²) >= 11 is 0. The van der Waals surface area contributed by atoms with E-state index in [1.54, 1.807) is 18.5 Å². The van der Waals surface area contributed by atoms with E-state index in [0.717, 1.165) is 0 Å². The van der Waals surface area contributed by atoms with Crippen LogP contribution in [0.15, 0.2) is 18.5 Å². The van der Waals surface area contributed by atoms with Gasteiger partial charge in [0.25, 0.3) is 0 Å². The van der Waals surface area contributed by atoms with Crippen LogP contribution in [0.5, 0.6) is 0 Å². The largest absolute Gasteiger partial charge is 0.480 e. The smallest absolute Gasteiger partial charge is 0.317 e. The Balaban J connectivity index is 2.34. The number of aliphatic hydroxyl groups is 1. The third kappa shape index (κ3) is 1.78. The van der Waals surface area contributed by atoms with Crippen molar-refractivity contribution < 1.29 is 15.0 Å². The Labute approximate surface area is 93.2 Å². The van der Waals surface area contributed by atoms with E-state index < -0.39 is 17.5 Å². The number of carboxylic acid groups (broad SMARTS) is 1. The molecule has 5 heteroatoms. The van der Waals surface area contributed by atoms with Crippen molar-refractivity contribution in [3.8, 4) is 0 Å². The second-order valence-corrected chi connectivity index (χ2v) is 4.19. The molecule has 0 amide bonds. The van der Waals surface area contributed by atoms with Crippen LogP contribution in [0.3, 0.4) is 0 Å². The highest BCUT2D eigenvalue weighted by molar-refractivity contribution is 5.80. The lowest BCUT2D eigenvalue weighted by atomic mass is 9.72. The summed E-state index contributed by atoms with van der Waals surface area (Å²) in [7, 11) is 0. The number of nitrogens with zero attached hydrogens (tertiary/aromatic N) is 2. The number of hydrogen-bond acceptors (Lipinski definition) is 4. The highest BCUT2D eigenvalue weighted by atomic mass is 16.4. The molecule has 0 atom stereocenters. The molecule has 0 aliphatic heterocycles. The minimum Gasteiger partial charge on any atom is -0.480 e. The number of aromatic nitrogens is 2. The molecule has 16 heavy (non-hydrogen) atoms. The fourth-order valence-electron chi connectivity index (χ4n) is 2.17. The van der Waals surface area contributed by atoms with Gasteiger partial charge in [-0.25, -0.2) is 9.97 Å². The molecule has 0 spiro atoms. The van der Waals surface area contributed by atoms with Crippen LogP contribution >= 0.6 is 0 Å². The Kier molecular flexibility index (Phi) is 2.87. The average Bonchev–Trinajstić information content (AvgIpc) is 2.31. The summed E-state index contributed by atoms with van der Waals surface area (Å²) < 4.78 is 0. The number of aliphatic carboxylic acids is 1. The molecule has 0 radical (unpaired) electrons. The summed E-state index contributed by atoms with van der Waals surface area (Å²) in [6.45, 7) is 0. The van der Waals surface area contributed by atoms with Gasteiger partial charge in [0.1, 0.15) is 11.2 Å². The number of hydrogen-bond donors (Lipinski definition) is 2. The fourth-order valence-corrected chi connectivity index (χ4v) is 2.17. The molecule has 1 heterocycles. The summed E-state index contributed by atoms with van der Waals surface area (Å²) in [6, 6.07) is 1.66. The van der Waals surface area contributed by atoms with Crippen LogP contribution in [0.2, 0.25) is 0 Å². The van der Waals surface area contributed by atoms with Crippen molar-refractivity contribution in [2.45, 2.75) is 37.2 Å². The molecule has 1 aromatic rings. The molecule has 0 aromatic carbocycles. The highest BCUT2D eigenvalue weighted by Gasteiger charge is 2.45. The lowest BCUT2D eigenvalue weighted by molar-refractivity contribution is -0.146. The van der Waals surface area contributed by atoms with Gasteiger partial charge in [0.05, 0.1) is 6.10 Å². The van der Waals surface area contributed by atoms with Gasteiger partial charge in [0.2, 0.25) is 0 Å². The van der Waals surface area contributed by atoms with E-state index in [-0.39, 0.29) is 0 Å². The van der Waals surface area contributed by atoms with Crippen molar-refractivity contribution in [2.75, 3.05) is 0 Å². The van der Waals surface area contributed by atoms with E-state index in [2.05, 4.69) is 9.97 Å². The molecule has 0 bridgehead atoms. The molecule has 2 rings (SSSR count). The van der Waals surface area contributed by atoms with Gasteiger partial charge in [0.15, 0.2) is 0 Å². The van der Waals surface area contributed by atoms with Crippen molar-refractivity contribution >= 4 is 5.97 Å². The topological polar surface area (TPSA) is 83.3 Å². The molecule has 0 saturated heterocycles. The first-order valence-corrected chi connectivity index (χ1v) is 5.34. The second-order valence-electron chi connectivity index (χ2n) is 4.19. The van der Waals surface area contributed by atoms with E-state index in [1.165, 1.54) is 0 Å². The maximum absolute atomic E-state index is 11.4. The van der Waals surface area contributed by atoms with E-state index in [1.807, 2.05) is 0 Å². The van der Waals surface area contributed by atoms with Crippen LogP contribution in [0, 0.1) is 0 Å². The lowest BCUT2D eigenvalue weighted by Gasteiger charge is -2.33. The zero-order valence-electron chi connectivity index (χ0n) is 8.83. The number of carbonyl (C=O) groups is 1. The Morgan fingerprint density at radius 2 is 1.88 bits per heavy atom. The number of carboxylic acids is 1. The molecular weight excluding hydrogens is 208 g/mol. The first-order valence-electron chi connectivity index (χ1n) is 5.34. The Hall–Kier alpha value is -1.49. The van der Waals surface area contributed by atoms with E-state index in [9.17, 15) is 15.0 Å². The fraction of sp³-hybridized carbons (Fsp3) is 0.545. The van der Waals surface area contributed by atoms with Crippen molar-refractivity contribution in [2.24, 2.45) is 0 Å². The molecule has 86 valence electrons. The van der Waals surface area contributed by atoms with Gasteiger partial charge in [-0.1, -0.05) is 0 Å². The number of rotatable bonds is 2. The molecule has 1 fully saturated rings. The predicted octanol–water partition coefficient (Wildman–Crippen LogP) is 0.734. The minimum absolute atomic E-state index is 0.356. The van der Waals surface area contributed by atoms with E-state index in [0.29, 0.717) is 31.5 Å². The highest BCUT2D eigenvalue weighted by Crippen LogP contribution is 2.37. The molecule has 1 aliphatic rings. The lowest BCUT2D eigenvalue weighted by Crippen LogP contribution is -2.42. The monoisotopic (exact) mass is 222 g/mol. The molecule has 2 N–H and O–H groups in total. The van der Waals surface area contributed by atoms with Gasteiger partial charge < -0.3 is 10.2 Å². The number of aliphatic hydroxyl groups excluding tert-OH is 1. The van der Waals surface area contributed by atoms with Crippen LogP contribution < -0.4 is 0 Å².